The van der Waals surface area contributed by atoms with Crippen LogP contribution in [0.4, 0.5) is 15.8 Å². The number of nitro groups is 1. The molecule has 0 saturated carbocycles. The van der Waals surface area contributed by atoms with Crippen LogP contribution in [-0.4, -0.2) is 10.0 Å². The first-order valence-electron chi connectivity index (χ1n) is 5.97. The number of aromatic hydroxyl groups is 1. The van der Waals surface area contributed by atoms with Gasteiger partial charge in [0.25, 0.3) is 5.69 Å². The topological polar surface area (TPSA) is 75.4 Å². The minimum Gasteiger partial charge on any atom is -0.507 e. The molecule has 0 amide bonds. The smallest absolute Gasteiger partial charge is 0.269 e. The molecule has 0 heterocycles. The van der Waals surface area contributed by atoms with Crippen LogP contribution in [0.15, 0.2) is 42.5 Å². The number of phenolic OH excluding ortho intramolecular Hbond substituents is 1. The van der Waals surface area contributed by atoms with Gasteiger partial charge in [-0.05, 0) is 25.1 Å². The fraction of sp³-hybridized carbons (Fsp3) is 0.143. The number of phenols is 1. The largest absolute Gasteiger partial charge is 0.507 e. The van der Waals surface area contributed by atoms with Crippen LogP contribution in [0.1, 0.15) is 18.5 Å². The molecule has 0 fully saturated rings. The number of benzene rings is 2. The molecule has 0 bridgehead atoms. The number of non-ortho nitro benzene ring substituents is 1. The molecule has 0 aliphatic carbocycles. The van der Waals surface area contributed by atoms with Gasteiger partial charge in [-0.1, -0.05) is 6.07 Å². The van der Waals surface area contributed by atoms with Gasteiger partial charge >= 0.3 is 0 Å². The molecular formula is C14H13FN2O3. The number of nitrogens with zero attached hydrogens (tertiary/aromatic N) is 1. The van der Waals surface area contributed by atoms with E-state index in [1.807, 2.05) is 0 Å². The summed E-state index contributed by atoms with van der Waals surface area (Å²) in [7, 11) is 0. The Morgan fingerprint density at radius 1 is 1.25 bits per heavy atom. The van der Waals surface area contributed by atoms with Gasteiger partial charge in [0.05, 0.1) is 11.0 Å². The standard InChI is InChI=1S/C14H13FN2O3/c1-9(13-7-2-10(15)8-14(13)18)16-11-3-5-12(6-4-11)17(19)20/h2-9,16,18H,1H3. The van der Waals surface area contributed by atoms with E-state index in [9.17, 15) is 19.6 Å². The lowest BCUT2D eigenvalue weighted by atomic mass is 10.1. The molecule has 1 unspecified atom stereocenters. The maximum absolute atomic E-state index is 12.9. The van der Waals surface area contributed by atoms with E-state index in [-0.39, 0.29) is 17.5 Å². The number of hydrogen-bond acceptors (Lipinski definition) is 4. The SMILES string of the molecule is CC(Nc1ccc([N+](=O)[O-])cc1)c1ccc(F)cc1O. The van der Waals surface area contributed by atoms with Crippen LogP contribution < -0.4 is 5.32 Å². The highest BCUT2D eigenvalue weighted by molar-refractivity contribution is 5.51. The number of nitro benzene ring substituents is 1. The van der Waals surface area contributed by atoms with Gasteiger partial charge in [0.15, 0.2) is 0 Å². The molecular weight excluding hydrogens is 263 g/mol. The van der Waals surface area contributed by atoms with Gasteiger partial charge in [0.2, 0.25) is 0 Å². The maximum Gasteiger partial charge on any atom is 0.269 e. The zero-order chi connectivity index (χ0) is 14.7. The van der Waals surface area contributed by atoms with E-state index in [1.165, 1.54) is 24.3 Å². The van der Waals surface area contributed by atoms with Crippen LogP contribution in [0.5, 0.6) is 5.75 Å². The first kappa shape index (κ1) is 13.8. The molecule has 5 nitrogen and oxygen atoms in total. The first-order valence-corrected chi connectivity index (χ1v) is 5.97. The predicted molar refractivity (Wildman–Crippen MR) is 73.2 cm³/mol. The van der Waals surface area contributed by atoms with Crippen molar-refractivity contribution in [3.8, 4) is 5.75 Å². The summed E-state index contributed by atoms with van der Waals surface area (Å²) in [6.45, 7) is 1.80. The average Bonchev–Trinajstić information content (AvgIpc) is 2.39. The molecule has 6 heteroatoms. The first-order chi connectivity index (χ1) is 9.47. The second-order valence-corrected chi connectivity index (χ2v) is 4.37. The van der Waals surface area contributed by atoms with Crippen LogP contribution in [0, 0.1) is 15.9 Å². The molecule has 2 aromatic carbocycles. The van der Waals surface area contributed by atoms with Crippen LogP contribution in [0.2, 0.25) is 0 Å². The molecule has 0 saturated heterocycles. The molecule has 104 valence electrons. The molecule has 0 aromatic heterocycles. The van der Waals surface area contributed by atoms with Gasteiger partial charge in [0.1, 0.15) is 11.6 Å². The van der Waals surface area contributed by atoms with Crippen LogP contribution in [-0.2, 0) is 0 Å². The second-order valence-electron chi connectivity index (χ2n) is 4.37. The number of rotatable bonds is 4. The van der Waals surface area contributed by atoms with Crippen molar-refractivity contribution in [1.82, 2.24) is 0 Å². The normalized spacial score (nSPS) is 11.9. The Morgan fingerprint density at radius 2 is 1.90 bits per heavy atom. The van der Waals surface area contributed by atoms with Crippen molar-refractivity contribution < 1.29 is 14.4 Å². The highest BCUT2D eigenvalue weighted by Crippen LogP contribution is 2.28. The molecule has 2 rings (SSSR count). The Bertz CT molecular complexity index is 629. The third kappa shape index (κ3) is 3.03. The average molecular weight is 276 g/mol. The summed E-state index contributed by atoms with van der Waals surface area (Å²) in [5, 5.41) is 23.3. The molecule has 0 spiro atoms. The monoisotopic (exact) mass is 276 g/mol. The van der Waals surface area contributed by atoms with Gasteiger partial charge in [-0.15, -0.1) is 0 Å². The number of hydrogen-bond donors (Lipinski definition) is 2. The van der Waals surface area contributed by atoms with E-state index < -0.39 is 10.7 Å². The van der Waals surface area contributed by atoms with Gasteiger partial charge in [0, 0.05) is 29.4 Å². The van der Waals surface area contributed by atoms with Crippen molar-refractivity contribution in [3.05, 3.63) is 64.0 Å². The quantitative estimate of drug-likeness (QED) is 0.660. The lowest BCUT2D eigenvalue weighted by Crippen LogP contribution is -2.07. The predicted octanol–water partition coefficient (Wildman–Crippen LogP) is 3.61. The van der Waals surface area contributed by atoms with E-state index in [1.54, 1.807) is 19.1 Å². The molecule has 2 N–H and O–H groups in total. The van der Waals surface area contributed by atoms with Crippen molar-refractivity contribution in [2.45, 2.75) is 13.0 Å². The summed E-state index contributed by atoms with van der Waals surface area (Å²) in [6.07, 6.45) is 0. The summed E-state index contributed by atoms with van der Waals surface area (Å²) >= 11 is 0. The van der Waals surface area contributed by atoms with E-state index >= 15 is 0 Å². The van der Waals surface area contributed by atoms with Crippen molar-refractivity contribution >= 4 is 11.4 Å². The Hall–Kier alpha value is -2.63. The number of nitrogens with one attached hydrogen (secondary N) is 1. The fourth-order valence-corrected chi connectivity index (χ4v) is 1.89. The number of anilines is 1. The Morgan fingerprint density at radius 3 is 2.45 bits per heavy atom. The lowest BCUT2D eigenvalue weighted by molar-refractivity contribution is -0.384. The summed E-state index contributed by atoms with van der Waals surface area (Å²) < 4.78 is 12.9. The molecule has 0 radical (unpaired) electrons. The minimum atomic E-state index is -0.506. The molecule has 20 heavy (non-hydrogen) atoms. The molecule has 1 atom stereocenters. The van der Waals surface area contributed by atoms with Gasteiger partial charge < -0.3 is 10.4 Å². The van der Waals surface area contributed by atoms with Gasteiger partial charge in [-0.25, -0.2) is 4.39 Å². The zero-order valence-electron chi connectivity index (χ0n) is 10.7. The van der Waals surface area contributed by atoms with E-state index in [2.05, 4.69) is 5.32 Å². The summed E-state index contributed by atoms with van der Waals surface area (Å²) in [6, 6.07) is 9.47. The van der Waals surface area contributed by atoms with E-state index in [4.69, 9.17) is 0 Å². The summed E-state index contributed by atoms with van der Waals surface area (Å²) in [5.41, 5.74) is 1.23. The lowest BCUT2D eigenvalue weighted by Gasteiger charge is -2.16. The third-order valence-electron chi connectivity index (χ3n) is 2.92. The molecule has 2 aromatic rings. The number of halogens is 1. The zero-order valence-corrected chi connectivity index (χ0v) is 10.7. The fourth-order valence-electron chi connectivity index (χ4n) is 1.89. The Labute approximate surface area is 114 Å². The summed E-state index contributed by atoms with van der Waals surface area (Å²) in [5.74, 6) is -0.638. The van der Waals surface area contributed by atoms with E-state index in [0.717, 1.165) is 6.07 Å². The molecule has 0 aliphatic rings. The minimum absolute atomic E-state index is 0.00725. The Kier molecular flexibility index (Phi) is 3.84. The third-order valence-corrected chi connectivity index (χ3v) is 2.92. The van der Waals surface area contributed by atoms with Crippen LogP contribution in [0.25, 0.3) is 0 Å². The highest BCUT2D eigenvalue weighted by Gasteiger charge is 2.12. The van der Waals surface area contributed by atoms with Gasteiger partial charge in [-0.2, -0.15) is 0 Å². The van der Waals surface area contributed by atoms with Crippen molar-refractivity contribution in [1.29, 1.82) is 0 Å². The maximum atomic E-state index is 12.9. The Balaban J connectivity index is 2.14. The molecule has 0 aliphatic heterocycles. The summed E-state index contributed by atoms with van der Waals surface area (Å²) in [4.78, 5) is 10.1. The van der Waals surface area contributed by atoms with Crippen LogP contribution >= 0.6 is 0 Å². The highest BCUT2D eigenvalue weighted by atomic mass is 19.1. The van der Waals surface area contributed by atoms with Crippen molar-refractivity contribution in [3.63, 3.8) is 0 Å². The van der Waals surface area contributed by atoms with E-state index in [0.29, 0.717) is 11.3 Å². The van der Waals surface area contributed by atoms with Gasteiger partial charge in [-0.3, -0.25) is 10.1 Å². The second kappa shape index (κ2) is 5.56. The van der Waals surface area contributed by atoms with Crippen molar-refractivity contribution in [2.24, 2.45) is 0 Å². The van der Waals surface area contributed by atoms with Crippen molar-refractivity contribution in [2.75, 3.05) is 5.32 Å². The van der Waals surface area contributed by atoms with Crippen LogP contribution in [0.3, 0.4) is 0 Å².